The predicted octanol–water partition coefficient (Wildman–Crippen LogP) is -0.281. The molecule has 0 radical (unpaired) electrons. The summed E-state index contributed by atoms with van der Waals surface area (Å²) in [5.41, 5.74) is 0. The van der Waals surface area contributed by atoms with Crippen LogP contribution in [-0.4, -0.2) is 30.8 Å². The molecule has 1 amide bonds. The molecule has 0 aromatic rings. The summed E-state index contributed by atoms with van der Waals surface area (Å²) in [4.78, 5) is 10.1. The van der Waals surface area contributed by atoms with Gasteiger partial charge in [-0.05, 0) is 30.8 Å². The lowest BCUT2D eigenvalue weighted by Gasteiger charge is -2.02. The van der Waals surface area contributed by atoms with Crippen molar-refractivity contribution in [2.45, 2.75) is 0 Å². The first-order valence-electron chi connectivity index (χ1n) is 3.96. The highest BCUT2D eigenvalue weighted by molar-refractivity contribution is 5.64. The van der Waals surface area contributed by atoms with Gasteiger partial charge in [-0.25, -0.2) is 4.79 Å². The number of piperidine rings is 1. The smallest absolute Gasteiger partial charge is 0.404 e. The third kappa shape index (κ3) is 1.18. The van der Waals surface area contributed by atoms with Crippen LogP contribution in [0.5, 0.6) is 0 Å². The van der Waals surface area contributed by atoms with Crippen molar-refractivity contribution in [2.75, 3.05) is 19.6 Å². The number of nitrogens with one attached hydrogen (secondary N) is 2. The zero-order valence-electron chi connectivity index (χ0n) is 6.21. The van der Waals surface area contributed by atoms with Gasteiger partial charge in [0.1, 0.15) is 0 Å². The van der Waals surface area contributed by atoms with Gasteiger partial charge in [-0.3, -0.25) is 0 Å². The Morgan fingerprint density at radius 2 is 2.18 bits per heavy atom. The van der Waals surface area contributed by atoms with Gasteiger partial charge in [-0.15, -0.1) is 0 Å². The summed E-state index contributed by atoms with van der Waals surface area (Å²) >= 11 is 0. The highest BCUT2D eigenvalue weighted by atomic mass is 16.4. The highest BCUT2D eigenvalue weighted by Gasteiger charge is 2.52. The summed E-state index contributed by atoms with van der Waals surface area (Å²) in [6, 6.07) is 0. The predicted molar refractivity (Wildman–Crippen MR) is 39.4 cm³/mol. The van der Waals surface area contributed by atoms with Crippen LogP contribution < -0.4 is 10.6 Å². The van der Waals surface area contributed by atoms with E-state index in [0.717, 1.165) is 24.9 Å². The number of amides is 1. The van der Waals surface area contributed by atoms with Crippen molar-refractivity contribution in [1.29, 1.82) is 0 Å². The summed E-state index contributed by atoms with van der Waals surface area (Å²) < 4.78 is 0. The van der Waals surface area contributed by atoms with Gasteiger partial charge in [0, 0.05) is 6.54 Å². The SMILES string of the molecule is O=C(O)NCC1C2CNCC21. The molecule has 1 saturated carbocycles. The van der Waals surface area contributed by atoms with Crippen molar-refractivity contribution in [3.8, 4) is 0 Å². The van der Waals surface area contributed by atoms with Crippen molar-refractivity contribution in [1.82, 2.24) is 10.6 Å². The Bertz CT molecular complexity index is 173. The van der Waals surface area contributed by atoms with Gasteiger partial charge in [-0.1, -0.05) is 0 Å². The maximum atomic E-state index is 10.1. The standard InChI is InChI=1S/C7H12N2O2/c10-7(11)9-3-6-4-1-8-2-5(4)6/h4-6,8-9H,1-3H2,(H,10,11). The molecule has 3 N–H and O–H groups in total. The molecule has 2 atom stereocenters. The Balaban J connectivity index is 1.71. The van der Waals surface area contributed by atoms with E-state index in [9.17, 15) is 4.79 Å². The third-order valence-electron chi connectivity index (χ3n) is 2.76. The summed E-state index contributed by atoms with van der Waals surface area (Å²) in [7, 11) is 0. The van der Waals surface area contributed by atoms with E-state index in [2.05, 4.69) is 10.6 Å². The van der Waals surface area contributed by atoms with Crippen LogP contribution in [0.15, 0.2) is 0 Å². The number of carbonyl (C=O) groups is 1. The molecule has 4 nitrogen and oxygen atoms in total. The minimum Gasteiger partial charge on any atom is -0.465 e. The van der Waals surface area contributed by atoms with Crippen molar-refractivity contribution < 1.29 is 9.90 Å². The van der Waals surface area contributed by atoms with Gasteiger partial charge in [0.05, 0.1) is 0 Å². The Morgan fingerprint density at radius 1 is 1.55 bits per heavy atom. The van der Waals surface area contributed by atoms with Gasteiger partial charge in [0.15, 0.2) is 0 Å². The largest absolute Gasteiger partial charge is 0.465 e. The molecule has 1 saturated heterocycles. The quantitative estimate of drug-likeness (QED) is 0.515. The van der Waals surface area contributed by atoms with E-state index in [4.69, 9.17) is 5.11 Å². The minimum atomic E-state index is -0.900. The molecule has 1 heterocycles. The summed E-state index contributed by atoms with van der Waals surface area (Å²) in [5.74, 6) is 2.12. The first-order chi connectivity index (χ1) is 5.29. The van der Waals surface area contributed by atoms with Crippen molar-refractivity contribution in [3.63, 3.8) is 0 Å². The molecule has 0 aromatic carbocycles. The molecule has 1 aliphatic carbocycles. The van der Waals surface area contributed by atoms with E-state index in [1.165, 1.54) is 0 Å². The first-order valence-corrected chi connectivity index (χ1v) is 3.96. The van der Waals surface area contributed by atoms with Gasteiger partial charge in [-0.2, -0.15) is 0 Å². The molecule has 0 spiro atoms. The molecule has 2 unspecified atom stereocenters. The zero-order chi connectivity index (χ0) is 7.84. The number of hydrogen-bond acceptors (Lipinski definition) is 2. The molecule has 1 aliphatic heterocycles. The van der Waals surface area contributed by atoms with Crippen LogP contribution in [0.2, 0.25) is 0 Å². The molecule has 2 fully saturated rings. The van der Waals surface area contributed by atoms with Crippen LogP contribution in [0.1, 0.15) is 0 Å². The van der Waals surface area contributed by atoms with E-state index in [0.29, 0.717) is 12.5 Å². The molecule has 0 aromatic heterocycles. The lowest BCUT2D eigenvalue weighted by Crippen LogP contribution is -2.27. The van der Waals surface area contributed by atoms with Gasteiger partial charge in [0.25, 0.3) is 0 Å². The monoisotopic (exact) mass is 156 g/mol. The molecule has 11 heavy (non-hydrogen) atoms. The fraction of sp³-hybridized carbons (Fsp3) is 0.857. The zero-order valence-corrected chi connectivity index (χ0v) is 6.21. The van der Waals surface area contributed by atoms with E-state index in [1.54, 1.807) is 0 Å². The summed E-state index contributed by atoms with van der Waals surface area (Å²) in [5, 5.41) is 14.0. The number of carboxylic acid groups (broad SMARTS) is 1. The van der Waals surface area contributed by atoms with Crippen LogP contribution in [0.3, 0.4) is 0 Å². The van der Waals surface area contributed by atoms with E-state index >= 15 is 0 Å². The average Bonchev–Trinajstić information content (AvgIpc) is 2.44. The Labute approximate surface area is 65.0 Å². The summed E-state index contributed by atoms with van der Waals surface area (Å²) in [6.45, 7) is 2.81. The van der Waals surface area contributed by atoms with E-state index < -0.39 is 6.09 Å². The molecule has 2 rings (SSSR count). The first kappa shape index (κ1) is 6.91. The second-order valence-electron chi connectivity index (χ2n) is 3.34. The number of rotatable bonds is 2. The maximum Gasteiger partial charge on any atom is 0.404 e. The van der Waals surface area contributed by atoms with Crippen LogP contribution in [0.25, 0.3) is 0 Å². The molecule has 4 heteroatoms. The van der Waals surface area contributed by atoms with Gasteiger partial charge < -0.3 is 15.7 Å². The normalized spacial score (nSPS) is 39.8. The lowest BCUT2D eigenvalue weighted by molar-refractivity contribution is 0.193. The van der Waals surface area contributed by atoms with Crippen LogP contribution in [0.4, 0.5) is 4.79 Å². The third-order valence-corrected chi connectivity index (χ3v) is 2.76. The van der Waals surface area contributed by atoms with E-state index in [1.807, 2.05) is 0 Å². The Morgan fingerprint density at radius 3 is 2.73 bits per heavy atom. The molecule has 62 valence electrons. The second-order valence-corrected chi connectivity index (χ2v) is 3.34. The molecular formula is C7H12N2O2. The molecular weight excluding hydrogens is 144 g/mol. The molecule has 0 bridgehead atoms. The average molecular weight is 156 g/mol. The van der Waals surface area contributed by atoms with Crippen LogP contribution >= 0.6 is 0 Å². The fourth-order valence-electron chi connectivity index (χ4n) is 2.05. The van der Waals surface area contributed by atoms with Crippen molar-refractivity contribution in [3.05, 3.63) is 0 Å². The highest BCUT2D eigenvalue weighted by Crippen LogP contribution is 2.47. The van der Waals surface area contributed by atoms with Crippen molar-refractivity contribution >= 4 is 6.09 Å². The van der Waals surface area contributed by atoms with Gasteiger partial charge >= 0.3 is 6.09 Å². The number of fused-ring (bicyclic) bond motifs is 1. The van der Waals surface area contributed by atoms with Crippen LogP contribution in [-0.2, 0) is 0 Å². The number of hydrogen-bond donors (Lipinski definition) is 3. The lowest BCUT2D eigenvalue weighted by atomic mass is 10.3. The topological polar surface area (TPSA) is 61.4 Å². The maximum absolute atomic E-state index is 10.1. The van der Waals surface area contributed by atoms with Crippen molar-refractivity contribution in [2.24, 2.45) is 17.8 Å². The fourth-order valence-corrected chi connectivity index (χ4v) is 2.05. The Hall–Kier alpha value is -0.770. The Kier molecular flexibility index (Phi) is 1.49. The van der Waals surface area contributed by atoms with Gasteiger partial charge in [0.2, 0.25) is 0 Å². The summed E-state index contributed by atoms with van der Waals surface area (Å²) in [6.07, 6.45) is -0.900. The molecule has 2 aliphatic rings. The minimum absolute atomic E-state index is 0.618. The van der Waals surface area contributed by atoms with Crippen LogP contribution in [0, 0.1) is 17.8 Å². The second kappa shape index (κ2) is 2.37. The van der Waals surface area contributed by atoms with E-state index in [-0.39, 0.29) is 0 Å².